The molecule has 0 amide bonds. The number of benzene rings is 2. The van der Waals surface area contributed by atoms with Crippen LogP contribution in [0.15, 0.2) is 64.0 Å². The number of rotatable bonds is 6. The SMILES string of the molecule is CCN(CC)S(=O)(=O)c1ccc(N2CC(O)=C(c3nc4ccccc4c(=O)[nH]3)C2=N)cc1. The zero-order valence-corrected chi connectivity index (χ0v) is 18.5. The Hall–Kier alpha value is -3.50. The maximum Gasteiger partial charge on any atom is 0.259 e. The average molecular weight is 454 g/mol. The molecule has 10 heteroatoms. The van der Waals surface area contributed by atoms with Crippen LogP contribution in [-0.2, 0) is 10.0 Å². The number of sulfonamides is 1. The maximum absolute atomic E-state index is 12.7. The van der Waals surface area contributed by atoms with E-state index in [-0.39, 0.29) is 40.0 Å². The molecule has 0 atom stereocenters. The molecule has 0 bridgehead atoms. The molecule has 0 unspecified atom stereocenters. The molecule has 0 aliphatic carbocycles. The Morgan fingerprint density at radius 1 is 1.12 bits per heavy atom. The van der Waals surface area contributed by atoms with Crippen molar-refractivity contribution in [1.29, 1.82) is 5.41 Å². The fraction of sp³-hybridized carbons (Fsp3) is 0.227. The van der Waals surface area contributed by atoms with Crippen LogP contribution in [0.1, 0.15) is 19.7 Å². The molecule has 2 aromatic carbocycles. The number of nitrogens with one attached hydrogen (secondary N) is 2. The van der Waals surface area contributed by atoms with E-state index in [1.54, 1.807) is 50.2 Å². The molecular weight excluding hydrogens is 430 g/mol. The van der Waals surface area contributed by atoms with Crippen LogP contribution in [0.2, 0.25) is 0 Å². The number of para-hydroxylation sites is 1. The van der Waals surface area contributed by atoms with Crippen molar-refractivity contribution in [1.82, 2.24) is 14.3 Å². The number of aliphatic hydroxyl groups excluding tert-OH is 1. The van der Waals surface area contributed by atoms with Crippen molar-refractivity contribution in [2.45, 2.75) is 18.7 Å². The molecule has 0 saturated heterocycles. The third kappa shape index (κ3) is 3.57. The number of H-pyrrole nitrogens is 1. The van der Waals surface area contributed by atoms with E-state index in [1.807, 2.05) is 0 Å². The van der Waals surface area contributed by atoms with Crippen molar-refractivity contribution in [3.8, 4) is 0 Å². The Balaban J connectivity index is 1.65. The second-order valence-corrected chi connectivity index (χ2v) is 9.21. The predicted octanol–water partition coefficient (Wildman–Crippen LogP) is 2.72. The van der Waals surface area contributed by atoms with E-state index in [0.717, 1.165) is 0 Å². The second kappa shape index (κ2) is 8.21. The van der Waals surface area contributed by atoms with Crippen LogP contribution in [-0.4, -0.2) is 53.3 Å². The largest absolute Gasteiger partial charge is 0.509 e. The van der Waals surface area contributed by atoms with Gasteiger partial charge in [0.1, 0.15) is 17.4 Å². The molecule has 0 fully saturated rings. The van der Waals surface area contributed by atoms with Gasteiger partial charge in [-0.15, -0.1) is 0 Å². The molecule has 0 spiro atoms. The van der Waals surface area contributed by atoms with Gasteiger partial charge in [-0.1, -0.05) is 26.0 Å². The van der Waals surface area contributed by atoms with Gasteiger partial charge in [0, 0.05) is 18.8 Å². The second-order valence-electron chi connectivity index (χ2n) is 7.27. The molecule has 166 valence electrons. The van der Waals surface area contributed by atoms with Gasteiger partial charge < -0.3 is 15.0 Å². The van der Waals surface area contributed by atoms with Crippen molar-refractivity contribution < 1.29 is 13.5 Å². The standard InChI is InChI=1S/C22H23N5O4S/c1-3-26(4-2)32(30,31)15-11-9-14(10-12-15)27-13-18(28)19(20(27)23)21-24-17-8-6-5-7-16(17)22(29)25-21/h5-12,23,28H,3-4,13H2,1-2H3,(H,24,25,29). The Morgan fingerprint density at radius 2 is 1.78 bits per heavy atom. The number of amidine groups is 1. The minimum atomic E-state index is -3.59. The van der Waals surface area contributed by atoms with Crippen molar-refractivity contribution in [3.05, 3.63) is 70.5 Å². The molecule has 3 aromatic rings. The fourth-order valence-electron chi connectivity index (χ4n) is 3.76. The molecule has 9 nitrogen and oxygen atoms in total. The van der Waals surface area contributed by atoms with Crippen LogP contribution in [0.4, 0.5) is 5.69 Å². The van der Waals surface area contributed by atoms with Crippen LogP contribution in [0.3, 0.4) is 0 Å². The summed E-state index contributed by atoms with van der Waals surface area (Å²) in [6.45, 7) is 4.31. The predicted molar refractivity (Wildman–Crippen MR) is 124 cm³/mol. The molecule has 3 N–H and O–H groups in total. The monoisotopic (exact) mass is 453 g/mol. The molecular formula is C22H23N5O4S. The summed E-state index contributed by atoms with van der Waals surface area (Å²) in [4.78, 5) is 21.1. The Bertz CT molecular complexity index is 1390. The topological polar surface area (TPSA) is 130 Å². The van der Waals surface area contributed by atoms with Gasteiger partial charge in [-0.05, 0) is 36.4 Å². The van der Waals surface area contributed by atoms with E-state index in [4.69, 9.17) is 5.41 Å². The molecule has 32 heavy (non-hydrogen) atoms. The summed E-state index contributed by atoms with van der Waals surface area (Å²) in [6.07, 6.45) is 0. The number of nitrogens with zero attached hydrogens (tertiary/aromatic N) is 3. The first-order valence-corrected chi connectivity index (χ1v) is 11.6. The lowest BCUT2D eigenvalue weighted by Crippen LogP contribution is -2.30. The van der Waals surface area contributed by atoms with Gasteiger partial charge in [0.25, 0.3) is 5.56 Å². The lowest BCUT2D eigenvalue weighted by Gasteiger charge is -2.21. The highest BCUT2D eigenvalue weighted by Gasteiger charge is 2.31. The summed E-state index contributed by atoms with van der Waals surface area (Å²) in [5, 5.41) is 19.6. The van der Waals surface area contributed by atoms with Gasteiger partial charge in [-0.3, -0.25) is 10.2 Å². The summed E-state index contributed by atoms with van der Waals surface area (Å²) in [7, 11) is -3.59. The third-order valence-corrected chi connectivity index (χ3v) is 7.51. The molecule has 1 aliphatic heterocycles. The number of aliphatic hydroxyl groups is 1. The van der Waals surface area contributed by atoms with Crippen LogP contribution >= 0.6 is 0 Å². The molecule has 2 heterocycles. The molecule has 1 aromatic heterocycles. The van der Waals surface area contributed by atoms with Crippen LogP contribution in [0, 0.1) is 5.41 Å². The zero-order valence-electron chi connectivity index (χ0n) is 17.7. The summed E-state index contributed by atoms with van der Waals surface area (Å²) in [5.74, 6) is -0.0343. The fourth-order valence-corrected chi connectivity index (χ4v) is 5.22. The minimum absolute atomic E-state index is 0.00679. The Morgan fingerprint density at radius 3 is 2.44 bits per heavy atom. The first-order chi connectivity index (χ1) is 15.3. The summed E-state index contributed by atoms with van der Waals surface area (Å²) < 4.78 is 26.8. The van der Waals surface area contributed by atoms with Crippen LogP contribution in [0.25, 0.3) is 16.5 Å². The lowest BCUT2D eigenvalue weighted by molar-refractivity contribution is 0.411. The van der Waals surface area contributed by atoms with E-state index in [1.165, 1.54) is 21.3 Å². The van der Waals surface area contributed by atoms with E-state index in [9.17, 15) is 18.3 Å². The van der Waals surface area contributed by atoms with Crippen molar-refractivity contribution in [2.24, 2.45) is 0 Å². The zero-order chi connectivity index (χ0) is 23.0. The van der Waals surface area contributed by atoms with Crippen LogP contribution < -0.4 is 10.5 Å². The third-order valence-electron chi connectivity index (χ3n) is 5.44. The van der Waals surface area contributed by atoms with E-state index in [0.29, 0.717) is 29.7 Å². The quantitative estimate of drug-likeness (QED) is 0.526. The summed E-state index contributed by atoms with van der Waals surface area (Å²) in [5.41, 5.74) is 0.776. The maximum atomic E-state index is 12.7. The minimum Gasteiger partial charge on any atom is -0.509 e. The lowest BCUT2D eigenvalue weighted by atomic mass is 10.2. The van der Waals surface area contributed by atoms with Gasteiger partial charge in [0.15, 0.2) is 0 Å². The number of anilines is 1. The smallest absolute Gasteiger partial charge is 0.259 e. The molecule has 0 radical (unpaired) electrons. The number of fused-ring (bicyclic) bond motifs is 1. The van der Waals surface area contributed by atoms with Gasteiger partial charge in [-0.2, -0.15) is 4.31 Å². The van der Waals surface area contributed by atoms with E-state index in [2.05, 4.69) is 9.97 Å². The highest BCUT2D eigenvalue weighted by atomic mass is 32.2. The summed E-state index contributed by atoms with van der Waals surface area (Å²) >= 11 is 0. The molecule has 4 rings (SSSR count). The van der Waals surface area contributed by atoms with Gasteiger partial charge in [-0.25, -0.2) is 13.4 Å². The normalized spacial score (nSPS) is 14.7. The first kappa shape index (κ1) is 21.7. The first-order valence-electron chi connectivity index (χ1n) is 10.2. The van der Waals surface area contributed by atoms with Crippen LogP contribution in [0.5, 0.6) is 0 Å². The molecule has 1 aliphatic rings. The summed E-state index contributed by atoms with van der Waals surface area (Å²) in [6, 6.07) is 13.0. The van der Waals surface area contributed by atoms with Gasteiger partial charge in [0.05, 0.1) is 27.9 Å². The number of aromatic amines is 1. The number of aromatic nitrogens is 2. The van der Waals surface area contributed by atoms with Gasteiger partial charge >= 0.3 is 0 Å². The van der Waals surface area contributed by atoms with Crippen molar-refractivity contribution in [3.63, 3.8) is 0 Å². The Kier molecular flexibility index (Phi) is 5.57. The van der Waals surface area contributed by atoms with Crippen molar-refractivity contribution >= 4 is 38.0 Å². The highest BCUT2D eigenvalue weighted by Crippen LogP contribution is 2.30. The number of hydrogen-bond donors (Lipinski definition) is 3. The molecule has 0 saturated carbocycles. The highest BCUT2D eigenvalue weighted by molar-refractivity contribution is 7.89. The van der Waals surface area contributed by atoms with E-state index >= 15 is 0 Å². The number of hydrogen-bond acceptors (Lipinski definition) is 6. The Labute approximate surface area is 185 Å². The van der Waals surface area contributed by atoms with E-state index < -0.39 is 10.0 Å². The van der Waals surface area contributed by atoms with Gasteiger partial charge in [0.2, 0.25) is 10.0 Å². The van der Waals surface area contributed by atoms with Crippen molar-refractivity contribution in [2.75, 3.05) is 24.5 Å². The average Bonchev–Trinajstić information content (AvgIpc) is 3.08.